The zero-order chi connectivity index (χ0) is 10.7. The van der Waals surface area contributed by atoms with Crippen molar-refractivity contribution in [2.45, 2.75) is 26.9 Å². The van der Waals surface area contributed by atoms with Crippen molar-refractivity contribution in [1.82, 2.24) is 10.4 Å². The number of allylic oxidation sites excluding steroid dienone is 1. The second-order valence-corrected chi connectivity index (χ2v) is 3.57. The summed E-state index contributed by atoms with van der Waals surface area (Å²) in [6, 6.07) is 0. The van der Waals surface area contributed by atoms with E-state index >= 15 is 0 Å². The molecule has 0 aromatic rings. The third kappa shape index (κ3) is 2.21. The predicted molar refractivity (Wildman–Crippen MR) is 58.4 cm³/mol. The molecule has 0 spiro atoms. The van der Waals surface area contributed by atoms with Crippen molar-refractivity contribution in [3.05, 3.63) is 23.9 Å². The van der Waals surface area contributed by atoms with E-state index in [1.165, 1.54) is 5.57 Å². The van der Waals surface area contributed by atoms with Gasteiger partial charge in [-0.05, 0) is 25.5 Å². The number of nitrogens with two attached hydrogens (primary N) is 1. The topological polar surface area (TPSA) is 65.1 Å². The van der Waals surface area contributed by atoms with Gasteiger partial charge in [-0.3, -0.25) is 10.4 Å². The van der Waals surface area contributed by atoms with Gasteiger partial charge in [0.25, 0.3) is 0 Å². The van der Waals surface area contributed by atoms with Gasteiger partial charge in [-0.15, -0.1) is 0 Å². The highest BCUT2D eigenvalue weighted by molar-refractivity contribution is 5.90. The summed E-state index contributed by atoms with van der Waals surface area (Å²) in [4.78, 5) is 0. The van der Waals surface area contributed by atoms with E-state index in [4.69, 9.17) is 11.1 Å². The van der Waals surface area contributed by atoms with E-state index in [9.17, 15) is 0 Å². The number of rotatable bonds is 1. The first kappa shape index (κ1) is 10.9. The number of nitrogens with zero attached hydrogens (tertiary/aromatic N) is 1. The van der Waals surface area contributed by atoms with E-state index in [0.29, 0.717) is 11.8 Å². The van der Waals surface area contributed by atoms with Crippen molar-refractivity contribution in [2.24, 2.45) is 11.7 Å². The van der Waals surface area contributed by atoms with Crippen LogP contribution in [-0.4, -0.2) is 17.0 Å². The van der Waals surface area contributed by atoms with Gasteiger partial charge in [0.2, 0.25) is 0 Å². The molecule has 4 heteroatoms. The van der Waals surface area contributed by atoms with E-state index in [1.807, 2.05) is 26.1 Å². The quantitative estimate of drug-likeness (QED) is 0.434. The lowest BCUT2D eigenvalue weighted by molar-refractivity contribution is 0.261. The van der Waals surface area contributed by atoms with Crippen LogP contribution in [-0.2, 0) is 0 Å². The summed E-state index contributed by atoms with van der Waals surface area (Å²) in [6.45, 7) is 5.99. The molecule has 0 aliphatic carbocycles. The first-order valence-corrected chi connectivity index (χ1v) is 4.76. The molecule has 1 heterocycles. The molecule has 78 valence electrons. The fourth-order valence-electron chi connectivity index (χ4n) is 1.29. The number of amidine groups is 1. The number of nitrogens with one attached hydrogen (secondary N) is 2. The Morgan fingerprint density at radius 2 is 2.36 bits per heavy atom. The van der Waals surface area contributed by atoms with Gasteiger partial charge in [0, 0.05) is 12.1 Å². The molecule has 0 amide bonds. The maximum Gasteiger partial charge on any atom is 0.139 e. The highest BCUT2D eigenvalue weighted by atomic mass is 15.5. The minimum atomic E-state index is -0.120. The monoisotopic (exact) mass is 194 g/mol. The van der Waals surface area contributed by atoms with Crippen LogP contribution in [0.5, 0.6) is 0 Å². The van der Waals surface area contributed by atoms with Gasteiger partial charge in [0.1, 0.15) is 5.84 Å². The van der Waals surface area contributed by atoms with Crippen LogP contribution in [0.3, 0.4) is 0 Å². The summed E-state index contributed by atoms with van der Waals surface area (Å²) in [5, 5.41) is 9.36. The molecule has 4 nitrogen and oxygen atoms in total. The molecule has 14 heavy (non-hydrogen) atoms. The molecule has 1 aliphatic rings. The maximum absolute atomic E-state index is 7.71. The Hall–Kier alpha value is -1.13. The smallest absolute Gasteiger partial charge is 0.139 e. The maximum atomic E-state index is 7.71. The van der Waals surface area contributed by atoms with Crippen LogP contribution < -0.4 is 11.2 Å². The Morgan fingerprint density at radius 3 is 2.86 bits per heavy atom. The zero-order valence-corrected chi connectivity index (χ0v) is 8.91. The Morgan fingerprint density at radius 1 is 1.71 bits per heavy atom. The molecular formula is C10H18N4. The SMILES string of the molecule is C/C=C\C(=N)N1C=C(C)[C@H](C)[C@@H](N)N1. The van der Waals surface area contributed by atoms with Crippen LogP contribution in [0.15, 0.2) is 23.9 Å². The summed E-state index contributed by atoms with van der Waals surface area (Å²) in [6.07, 6.45) is 5.35. The second-order valence-electron chi connectivity index (χ2n) is 3.57. The van der Waals surface area contributed by atoms with Gasteiger partial charge in [-0.2, -0.15) is 0 Å². The predicted octanol–water partition coefficient (Wildman–Crippen LogP) is 1.18. The van der Waals surface area contributed by atoms with E-state index in [-0.39, 0.29) is 6.17 Å². The molecule has 2 atom stereocenters. The highest BCUT2D eigenvalue weighted by Gasteiger charge is 2.22. The molecule has 0 saturated heterocycles. The summed E-state index contributed by atoms with van der Waals surface area (Å²) in [7, 11) is 0. The normalized spacial score (nSPS) is 28.0. The fraction of sp³-hybridized carbons (Fsp3) is 0.500. The molecule has 0 fully saturated rings. The van der Waals surface area contributed by atoms with Crippen LogP contribution >= 0.6 is 0 Å². The van der Waals surface area contributed by atoms with Crippen LogP contribution in [0.1, 0.15) is 20.8 Å². The number of hydrogen-bond donors (Lipinski definition) is 3. The average molecular weight is 194 g/mol. The standard InChI is InChI=1S/C10H18N4/c1-4-5-9(11)14-6-7(2)8(3)10(12)13-14/h4-6,8,10-11,13H,12H2,1-3H3/b5-4-,11-9?/t8-,10-/m0/s1. The summed E-state index contributed by atoms with van der Waals surface area (Å²) in [5.74, 6) is 0.707. The molecule has 0 aromatic carbocycles. The minimum Gasteiger partial charge on any atom is -0.314 e. The molecule has 1 rings (SSSR count). The average Bonchev–Trinajstić information content (AvgIpc) is 2.13. The van der Waals surface area contributed by atoms with Crippen LogP contribution in [0, 0.1) is 11.3 Å². The van der Waals surface area contributed by atoms with Gasteiger partial charge >= 0.3 is 0 Å². The van der Waals surface area contributed by atoms with Crippen LogP contribution in [0.4, 0.5) is 0 Å². The van der Waals surface area contributed by atoms with Crippen molar-refractivity contribution >= 4 is 5.84 Å². The Kier molecular flexibility index (Phi) is 3.43. The lowest BCUT2D eigenvalue weighted by Gasteiger charge is -2.34. The Balaban J connectivity index is 2.79. The Labute approximate surface area is 84.9 Å². The molecule has 0 saturated carbocycles. The van der Waals surface area contributed by atoms with E-state index in [1.54, 1.807) is 11.1 Å². The Bertz CT molecular complexity index is 280. The molecular weight excluding hydrogens is 176 g/mol. The second kappa shape index (κ2) is 4.39. The number of hydrogen-bond acceptors (Lipinski definition) is 3. The first-order chi connectivity index (χ1) is 6.56. The molecule has 1 aliphatic heterocycles. The van der Waals surface area contributed by atoms with E-state index in [0.717, 1.165) is 0 Å². The third-order valence-corrected chi connectivity index (χ3v) is 2.46. The highest BCUT2D eigenvalue weighted by Crippen LogP contribution is 2.17. The van der Waals surface area contributed by atoms with Crippen molar-refractivity contribution in [2.75, 3.05) is 0 Å². The van der Waals surface area contributed by atoms with Crippen LogP contribution in [0.2, 0.25) is 0 Å². The summed E-state index contributed by atoms with van der Waals surface area (Å²) in [5.41, 5.74) is 10.1. The molecule has 4 N–H and O–H groups in total. The fourth-order valence-corrected chi connectivity index (χ4v) is 1.29. The first-order valence-electron chi connectivity index (χ1n) is 4.76. The van der Waals surface area contributed by atoms with Gasteiger partial charge in [0.15, 0.2) is 0 Å². The largest absolute Gasteiger partial charge is 0.314 e. The van der Waals surface area contributed by atoms with Crippen molar-refractivity contribution < 1.29 is 0 Å². The van der Waals surface area contributed by atoms with Gasteiger partial charge in [0.05, 0.1) is 6.17 Å². The molecule has 0 aromatic heterocycles. The summed E-state index contributed by atoms with van der Waals surface area (Å²) < 4.78 is 0. The van der Waals surface area contributed by atoms with Crippen molar-refractivity contribution in [3.63, 3.8) is 0 Å². The minimum absolute atomic E-state index is 0.120. The summed E-state index contributed by atoms with van der Waals surface area (Å²) >= 11 is 0. The lowest BCUT2D eigenvalue weighted by atomic mass is 9.99. The molecule has 0 bridgehead atoms. The van der Waals surface area contributed by atoms with Crippen molar-refractivity contribution in [1.29, 1.82) is 5.41 Å². The molecule has 0 unspecified atom stereocenters. The number of hydrazine groups is 1. The molecule has 0 radical (unpaired) electrons. The van der Waals surface area contributed by atoms with Crippen LogP contribution in [0.25, 0.3) is 0 Å². The van der Waals surface area contributed by atoms with Gasteiger partial charge in [-0.25, -0.2) is 5.43 Å². The third-order valence-electron chi connectivity index (χ3n) is 2.46. The van der Waals surface area contributed by atoms with Gasteiger partial charge in [-0.1, -0.05) is 13.0 Å². The van der Waals surface area contributed by atoms with E-state index < -0.39 is 0 Å². The van der Waals surface area contributed by atoms with Gasteiger partial charge < -0.3 is 5.73 Å². The zero-order valence-electron chi connectivity index (χ0n) is 8.91. The van der Waals surface area contributed by atoms with Crippen molar-refractivity contribution in [3.8, 4) is 0 Å². The van der Waals surface area contributed by atoms with E-state index in [2.05, 4.69) is 12.3 Å². The lowest BCUT2D eigenvalue weighted by Crippen LogP contribution is -2.55.